The highest BCUT2D eigenvalue weighted by Crippen LogP contribution is 2.24. The molecule has 0 radical (unpaired) electrons. The number of piperazine rings is 1. The quantitative estimate of drug-likeness (QED) is 0.833. The number of benzene rings is 1. The van der Waals surface area contributed by atoms with Gasteiger partial charge in [0.1, 0.15) is 0 Å². The third-order valence-corrected chi connectivity index (χ3v) is 6.44. The summed E-state index contributed by atoms with van der Waals surface area (Å²) in [6.07, 6.45) is 2.31. The van der Waals surface area contributed by atoms with E-state index in [1.165, 1.54) is 48.9 Å². The molecule has 2 aliphatic heterocycles. The Hall–Kier alpha value is -1.01. The average molecular weight is 346 g/mol. The van der Waals surface area contributed by atoms with Gasteiger partial charge in [0, 0.05) is 51.8 Å². The number of ether oxygens (including phenoxy) is 1. The second-order valence-electron chi connectivity index (χ2n) is 7.19. The van der Waals surface area contributed by atoms with E-state index in [0.717, 1.165) is 31.1 Å². The van der Waals surface area contributed by atoms with E-state index in [1.54, 1.807) is 0 Å². The van der Waals surface area contributed by atoms with Gasteiger partial charge in [-0.2, -0.15) is 0 Å². The molecule has 0 saturated carbocycles. The van der Waals surface area contributed by atoms with Crippen molar-refractivity contribution in [2.75, 3.05) is 45.9 Å². The maximum Gasteiger partial charge on any atom is 0.0954 e. The van der Waals surface area contributed by atoms with Crippen molar-refractivity contribution in [3.63, 3.8) is 0 Å². The molecule has 1 aromatic heterocycles. The normalized spacial score (nSPS) is 24.6. The third kappa shape index (κ3) is 3.80. The molecule has 0 N–H and O–H groups in total. The Bertz CT molecular complexity index is 626. The lowest BCUT2D eigenvalue weighted by Gasteiger charge is -2.38. The van der Waals surface area contributed by atoms with Crippen LogP contribution in [0, 0.1) is 5.92 Å². The minimum atomic E-state index is 0.572. The van der Waals surface area contributed by atoms with Gasteiger partial charge in [-0.05, 0) is 31.4 Å². The van der Waals surface area contributed by atoms with Crippen molar-refractivity contribution >= 4 is 21.6 Å². The first-order chi connectivity index (χ1) is 11.8. The Morgan fingerprint density at radius 1 is 1.25 bits per heavy atom. The Morgan fingerprint density at radius 3 is 2.83 bits per heavy atom. The van der Waals surface area contributed by atoms with Gasteiger partial charge >= 0.3 is 0 Å². The minimum absolute atomic E-state index is 0.572. The van der Waals surface area contributed by atoms with E-state index >= 15 is 0 Å². The molecule has 0 spiro atoms. The Labute approximate surface area is 148 Å². The molecule has 1 aromatic carbocycles. The largest absolute Gasteiger partial charge is 0.381 e. The summed E-state index contributed by atoms with van der Waals surface area (Å²) in [7, 11) is 0. The first kappa shape index (κ1) is 16.5. The van der Waals surface area contributed by atoms with Gasteiger partial charge in [0.2, 0.25) is 0 Å². The van der Waals surface area contributed by atoms with E-state index in [9.17, 15) is 0 Å². The van der Waals surface area contributed by atoms with Crippen molar-refractivity contribution in [1.29, 1.82) is 0 Å². The van der Waals surface area contributed by atoms with Crippen LogP contribution < -0.4 is 0 Å². The number of fused-ring (bicyclic) bond motifs is 1. The highest BCUT2D eigenvalue weighted by molar-refractivity contribution is 7.18. The van der Waals surface area contributed by atoms with E-state index in [1.807, 2.05) is 11.3 Å². The Morgan fingerprint density at radius 2 is 2.08 bits per heavy atom. The molecule has 4 rings (SSSR count). The standard InChI is InChI=1S/C19H27N3OS/c1-15(12-19-20-17-4-2-3-5-18(17)24-19)22-9-7-21(8-10-22)13-16-6-11-23-14-16/h2-5,15-16H,6-14H2,1H3/t15-,16+/m0/s1. The molecule has 130 valence electrons. The van der Waals surface area contributed by atoms with Gasteiger partial charge in [-0.25, -0.2) is 4.98 Å². The van der Waals surface area contributed by atoms with Crippen LogP contribution in [0.5, 0.6) is 0 Å². The van der Waals surface area contributed by atoms with Crippen LogP contribution in [0.25, 0.3) is 10.2 Å². The van der Waals surface area contributed by atoms with E-state index < -0.39 is 0 Å². The number of nitrogens with zero attached hydrogens (tertiary/aromatic N) is 3. The molecule has 4 nitrogen and oxygen atoms in total. The molecular weight excluding hydrogens is 318 g/mol. The number of hydrogen-bond donors (Lipinski definition) is 0. The lowest BCUT2D eigenvalue weighted by atomic mass is 10.1. The summed E-state index contributed by atoms with van der Waals surface area (Å²) < 4.78 is 6.82. The minimum Gasteiger partial charge on any atom is -0.381 e. The smallest absolute Gasteiger partial charge is 0.0954 e. The third-order valence-electron chi connectivity index (χ3n) is 5.38. The van der Waals surface area contributed by atoms with Gasteiger partial charge in [0.25, 0.3) is 0 Å². The van der Waals surface area contributed by atoms with Crippen molar-refractivity contribution in [3.05, 3.63) is 29.3 Å². The molecule has 0 bridgehead atoms. The summed E-state index contributed by atoms with van der Waals surface area (Å²) in [6.45, 7) is 10.3. The topological polar surface area (TPSA) is 28.6 Å². The number of aromatic nitrogens is 1. The fourth-order valence-corrected chi connectivity index (χ4v) is 4.96. The van der Waals surface area contributed by atoms with Crippen LogP contribution in [0.15, 0.2) is 24.3 Å². The van der Waals surface area contributed by atoms with E-state index in [4.69, 9.17) is 9.72 Å². The van der Waals surface area contributed by atoms with Crippen LogP contribution >= 0.6 is 11.3 Å². The summed E-state index contributed by atoms with van der Waals surface area (Å²) in [5.74, 6) is 0.761. The van der Waals surface area contributed by atoms with Crippen molar-refractivity contribution in [1.82, 2.24) is 14.8 Å². The predicted octanol–water partition coefficient (Wildman–Crippen LogP) is 2.88. The molecule has 2 aromatic rings. The fourth-order valence-electron chi connectivity index (χ4n) is 3.87. The van der Waals surface area contributed by atoms with Crippen molar-refractivity contribution < 1.29 is 4.74 Å². The summed E-state index contributed by atoms with van der Waals surface area (Å²) in [6, 6.07) is 9.03. The SMILES string of the molecule is C[C@@H](Cc1nc2ccccc2s1)N1CCN(C[C@H]2CCOC2)CC1. The summed E-state index contributed by atoms with van der Waals surface area (Å²) in [5, 5.41) is 1.27. The first-order valence-electron chi connectivity index (χ1n) is 9.16. The molecule has 0 unspecified atom stereocenters. The maximum absolute atomic E-state index is 5.51. The second-order valence-corrected chi connectivity index (χ2v) is 8.31. The van der Waals surface area contributed by atoms with Crippen LogP contribution in [0.3, 0.4) is 0 Å². The Kier molecular flexibility index (Phi) is 5.13. The molecule has 24 heavy (non-hydrogen) atoms. The molecule has 2 saturated heterocycles. The molecule has 2 atom stereocenters. The molecule has 0 amide bonds. The van der Waals surface area contributed by atoms with Crippen molar-refractivity contribution in [2.45, 2.75) is 25.8 Å². The summed E-state index contributed by atoms with van der Waals surface area (Å²) in [5.41, 5.74) is 1.15. The molecule has 5 heteroatoms. The van der Waals surface area contributed by atoms with Gasteiger partial charge in [-0.3, -0.25) is 4.90 Å². The zero-order valence-electron chi connectivity index (χ0n) is 14.5. The van der Waals surface area contributed by atoms with Crippen LogP contribution in [0.4, 0.5) is 0 Å². The lowest BCUT2D eigenvalue weighted by molar-refractivity contribution is 0.0877. The van der Waals surface area contributed by atoms with Gasteiger partial charge in [-0.1, -0.05) is 12.1 Å². The number of rotatable bonds is 5. The molecule has 0 aliphatic carbocycles. The maximum atomic E-state index is 5.51. The monoisotopic (exact) mass is 345 g/mol. The van der Waals surface area contributed by atoms with Gasteiger partial charge in [0.05, 0.1) is 21.8 Å². The zero-order valence-corrected chi connectivity index (χ0v) is 15.3. The zero-order chi connectivity index (χ0) is 16.4. The first-order valence-corrected chi connectivity index (χ1v) is 9.98. The van der Waals surface area contributed by atoms with E-state index in [0.29, 0.717) is 6.04 Å². The number of thiazole rings is 1. The van der Waals surface area contributed by atoms with Crippen LogP contribution in [0.2, 0.25) is 0 Å². The number of para-hydroxylation sites is 1. The number of hydrogen-bond acceptors (Lipinski definition) is 5. The van der Waals surface area contributed by atoms with Gasteiger partial charge in [0.15, 0.2) is 0 Å². The van der Waals surface area contributed by atoms with Gasteiger partial charge in [-0.15, -0.1) is 11.3 Å². The van der Waals surface area contributed by atoms with E-state index in [-0.39, 0.29) is 0 Å². The van der Waals surface area contributed by atoms with Crippen molar-refractivity contribution in [2.24, 2.45) is 5.92 Å². The Balaban J connectivity index is 1.28. The fraction of sp³-hybridized carbons (Fsp3) is 0.632. The van der Waals surface area contributed by atoms with Crippen LogP contribution in [-0.2, 0) is 11.2 Å². The highest BCUT2D eigenvalue weighted by atomic mass is 32.1. The van der Waals surface area contributed by atoms with E-state index in [2.05, 4.69) is 41.0 Å². The van der Waals surface area contributed by atoms with Crippen LogP contribution in [-0.4, -0.2) is 66.8 Å². The molecule has 2 aliphatic rings. The van der Waals surface area contributed by atoms with Crippen molar-refractivity contribution in [3.8, 4) is 0 Å². The predicted molar refractivity (Wildman–Crippen MR) is 99.7 cm³/mol. The summed E-state index contributed by atoms with van der Waals surface area (Å²) >= 11 is 1.85. The van der Waals surface area contributed by atoms with Crippen LogP contribution in [0.1, 0.15) is 18.4 Å². The average Bonchev–Trinajstić information content (AvgIpc) is 3.24. The summed E-state index contributed by atoms with van der Waals surface area (Å²) in [4.78, 5) is 10.1. The molecule has 2 fully saturated rings. The molecule has 3 heterocycles. The van der Waals surface area contributed by atoms with Gasteiger partial charge < -0.3 is 9.64 Å². The second kappa shape index (κ2) is 7.48. The highest BCUT2D eigenvalue weighted by Gasteiger charge is 2.25. The molecular formula is C19H27N3OS. The lowest BCUT2D eigenvalue weighted by Crippen LogP contribution is -2.51.